The number of aromatic nitrogens is 3. The van der Waals surface area contributed by atoms with Gasteiger partial charge in [0.1, 0.15) is 21.2 Å². The number of rotatable bonds is 15. The number of sulfone groups is 1. The first kappa shape index (κ1) is 44.1. The van der Waals surface area contributed by atoms with Gasteiger partial charge in [0.25, 0.3) is 30.4 Å². The molecule has 0 bridgehead atoms. The Morgan fingerprint density at radius 2 is 1.43 bits per heavy atom. The summed E-state index contributed by atoms with van der Waals surface area (Å²) in [5.41, 5.74) is -1.87. The molecule has 29 heteroatoms. The van der Waals surface area contributed by atoms with Crippen LogP contribution in [0.15, 0.2) is 96.5 Å². The lowest BCUT2D eigenvalue weighted by Gasteiger charge is -2.22. The van der Waals surface area contributed by atoms with Gasteiger partial charge in [0.2, 0.25) is 17.2 Å². The molecule has 0 saturated heterocycles. The maximum absolute atomic E-state index is 12.9. The molecule has 58 heavy (non-hydrogen) atoms. The van der Waals surface area contributed by atoms with Crippen LogP contribution in [0.2, 0.25) is 5.28 Å². The Bertz CT molecular complexity index is 3060. The third kappa shape index (κ3) is 10.3. The molecule has 23 nitrogen and oxygen atoms in total. The van der Waals surface area contributed by atoms with Crippen molar-refractivity contribution in [2.24, 2.45) is 10.2 Å². The quantitative estimate of drug-likeness (QED) is 0.0637. The fourth-order valence-corrected chi connectivity index (χ4v) is 8.65. The van der Waals surface area contributed by atoms with Gasteiger partial charge in [-0.05, 0) is 72.4 Å². The van der Waals surface area contributed by atoms with Gasteiger partial charge in [-0.2, -0.15) is 48.6 Å². The van der Waals surface area contributed by atoms with Gasteiger partial charge in [0.05, 0.1) is 27.8 Å². The van der Waals surface area contributed by atoms with Gasteiger partial charge in [-0.3, -0.25) is 18.2 Å². The summed E-state index contributed by atoms with van der Waals surface area (Å²) in [6.45, 7) is 0.738. The van der Waals surface area contributed by atoms with Gasteiger partial charge in [0, 0.05) is 17.6 Å². The average Bonchev–Trinajstić information content (AvgIpc) is 3.09. The molecular formula is C29H26ClN7O16S5. The van der Waals surface area contributed by atoms with Crippen molar-refractivity contribution in [3.8, 4) is 5.75 Å². The maximum atomic E-state index is 12.9. The molecule has 0 aliphatic heterocycles. The standard InChI is InChI=1S/C29H26ClN7O16S5/c1-2-37(17-6-5-7-18(14-17)54(39,40)11-10-53-58(50,51)52)29-33-27(30)32-28(34-29)31-21-15-19(55(41,42)43)12-16-13-23(57(47,48)49)25(26(38)24(16)21)36-35-20-8-3-4-9-22(20)56(44,45)46/h3-9,12-15,38H,2,10-11H2,1H3,(H,41,42,43)(H,44,45,46)(H,47,48,49)(H,50,51,52)(H,31,32,33,34). The van der Waals surface area contributed by atoms with Crippen LogP contribution in [0, 0.1) is 0 Å². The second-order valence-corrected chi connectivity index (χ2v) is 19.1. The lowest BCUT2D eigenvalue weighted by atomic mass is 10.1. The van der Waals surface area contributed by atoms with Crippen molar-refractivity contribution < 1.29 is 69.6 Å². The lowest BCUT2D eigenvalue weighted by molar-refractivity contribution is 0.284. The number of nitrogens with zero attached hydrogens (tertiary/aromatic N) is 6. The second kappa shape index (κ2) is 16.3. The molecule has 1 aromatic heterocycles. The van der Waals surface area contributed by atoms with Crippen LogP contribution < -0.4 is 10.2 Å². The number of fused-ring (bicyclic) bond motifs is 1. The monoisotopic (exact) mass is 923 g/mol. The van der Waals surface area contributed by atoms with Crippen molar-refractivity contribution in [2.75, 3.05) is 29.1 Å². The minimum Gasteiger partial charge on any atom is -0.505 e. The summed E-state index contributed by atoms with van der Waals surface area (Å²) in [5.74, 6) is -2.70. The number of hydrogen-bond acceptors (Lipinski definition) is 19. The van der Waals surface area contributed by atoms with E-state index in [1.807, 2.05) is 0 Å². The van der Waals surface area contributed by atoms with E-state index in [0.717, 1.165) is 24.3 Å². The smallest absolute Gasteiger partial charge is 0.397 e. The highest BCUT2D eigenvalue weighted by atomic mass is 35.5. The zero-order valence-electron chi connectivity index (χ0n) is 28.8. The van der Waals surface area contributed by atoms with Crippen LogP contribution in [0.3, 0.4) is 0 Å². The summed E-state index contributed by atoms with van der Waals surface area (Å²) in [6.07, 6.45) is 0. The molecule has 5 rings (SSSR count). The van der Waals surface area contributed by atoms with Crippen molar-refractivity contribution in [3.63, 3.8) is 0 Å². The Morgan fingerprint density at radius 3 is 2.05 bits per heavy atom. The predicted molar refractivity (Wildman–Crippen MR) is 202 cm³/mol. The second-order valence-electron chi connectivity index (χ2n) is 11.4. The minimum atomic E-state index is -5.33. The van der Waals surface area contributed by atoms with Crippen LogP contribution in [0.5, 0.6) is 5.75 Å². The summed E-state index contributed by atoms with van der Waals surface area (Å²) in [6, 6.07) is 11.8. The molecule has 0 radical (unpaired) electrons. The van der Waals surface area contributed by atoms with Crippen molar-refractivity contribution in [3.05, 3.63) is 72.0 Å². The third-order valence-corrected chi connectivity index (χ3v) is 12.5. The Balaban J connectivity index is 1.65. The van der Waals surface area contributed by atoms with Crippen LogP contribution in [-0.4, -0.2) is 99.3 Å². The summed E-state index contributed by atoms with van der Waals surface area (Å²) in [7, 11) is -24.4. The van der Waals surface area contributed by atoms with E-state index in [1.165, 1.54) is 41.3 Å². The molecule has 0 atom stereocenters. The third-order valence-electron chi connectivity index (χ3n) is 7.57. The minimum absolute atomic E-state index is 0.0323. The first-order chi connectivity index (χ1) is 26.8. The molecule has 0 fully saturated rings. The molecule has 5 aromatic rings. The molecule has 6 N–H and O–H groups in total. The number of nitrogens with one attached hydrogen (secondary N) is 1. The van der Waals surface area contributed by atoms with Crippen molar-refractivity contribution in [1.82, 2.24) is 15.0 Å². The van der Waals surface area contributed by atoms with E-state index in [2.05, 4.69) is 34.7 Å². The Hall–Kier alpha value is -5.01. The first-order valence-corrected chi connectivity index (χ1v) is 23.2. The average molecular weight is 924 g/mol. The van der Waals surface area contributed by atoms with Crippen molar-refractivity contribution in [2.45, 2.75) is 26.5 Å². The summed E-state index contributed by atoms with van der Waals surface area (Å²) in [4.78, 5) is 10.5. The Labute approximate surface area is 334 Å². The van der Waals surface area contributed by atoms with Gasteiger partial charge < -0.3 is 15.3 Å². The Morgan fingerprint density at radius 1 is 0.759 bits per heavy atom. The number of aromatic hydroxyl groups is 1. The molecule has 0 amide bonds. The number of phenolic OH excluding ortho intramolecular Hbond substituents is 1. The zero-order valence-corrected chi connectivity index (χ0v) is 33.6. The largest absolute Gasteiger partial charge is 0.505 e. The molecule has 0 aliphatic carbocycles. The van der Waals surface area contributed by atoms with Crippen LogP contribution in [0.4, 0.5) is 34.6 Å². The van der Waals surface area contributed by atoms with Crippen LogP contribution in [0.1, 0.15) is 6.92 Å². The Kier molecular flexibility index (Phi) is 12.4. The van der Waals surface area contributed by atoms with Crippen molar-refractivity contribution >= 4 is 108 Å². The van der Waals surface area contributed by atoms with E-state index < -0.39 is 122 Å². The van der Waals surface area contributed by atoms with E-state index in [4.69, 9.17) is 16.2 Å². The topological polar surface area (TPSA) is 360 Å². The lowest BCUT2D eigenvalue weighted by Crippen LogP contribution is -2.21. The summed E-state index contributed by atoms with van der Waals surface area (Å²) >= 11 is 6.22. The van der Waals surface area contributed by atoms with E-state index in [0.29, 0.717) is 6.07 Å². The van der Waals surface area contributed by atoms with Crippen LogP contribution in [-0.2, 0) is 54.8 Å². The summed E-state index contributed by atoms with van der Waals surface area (Å²) in [5, 5.41) is 19.9. The van der Waals surface area contributed by atoms with Crippen LogP contribution >= 0.6 is 11.6 Å². The van der Waals surface area contributed by atoms with E-state index >= 15 is 0 Å². The van der Waals surface area contributed by atoms with Crippen LogP contribution in [0.25, 0.3) is 10.8 Å². The fourth-order valence-electron chi connectivity index (χ4n) is 5.15. The molecule has 0 saturated carbocycles. The van der Waals surface area contributed by atoms with E-state index in [1.54, 1.807) is 6.92 Å². The van der Waals surface area contributed by atoms with Gasteiger partial charge >= 0.3 is 10.4 Å². The molecule has 0 unspecified atom stereocenters. The van der Waals surface area contributed by atoms with E-state index in [9.17, 15) is 60.9 Å². The molecular weight excluding hydrogens is 898 g/mol. The molecule has 4 aromatic carbocycles. The van der Waals surface area contributed by atoms with Gasteiger partial charge in [-0.25, -0.2) is 12.6 Å². The molecule has 0 spiro atoms. The number of phenols is 1. The number of halogens is 1. The normalized spacial score (nSPS) is 12.9. The highest BCUT2D eigenvalue weighted by Crippen LogP contribution is 2.46. The zero-order chi connectivity index (χ0) is 43.0. The number of anilines is 4. The maximum Gasteiger partial charge on any atom is 0.397 e. The fraction of sp³-hybridized carbons (Fsp3) is 0.138. The van der Waals surface area contributed by atoms with E-state index in [-0.39, 0.29) is 23.1 Å². The number of azo groups is 1. The van der Waals surface area contributed by atoms with Gasteiger partial charge in [0.15, 0.2) is 15.6 Å². The first-order valence-electron chi connectivity index (χ1n) is 15.5. The predicted octanol–water partition coefficient (Wildman–Crippen LogP) is 4.03. The summed E-state index contributed by atoms with van der Waals surface area (Å²) < 4.78 is 163. The number of hydrogen-bond donors (Lipinski definition) is 6. The highest BCUT2D eigenvalue weighted by molar-refractivity contribution is 7.91. The number of benzene rings is 4. The molecule has 310 valence electrons. The SMILES string of the molecule is CCN(c1cccc(S(=O)(=O)CCOS(=O)(=O)O)c1)c1nc(Cl)nc(Nc2cc(S(=O)(=O)O)cc3cc(S(=O)(=O)O)c(N=Nc4ccccc4S(=O)(=O)O)c(O)c23)n1. The van der Waals surface area contributed by atoms with Crippen molar-refractivity contribution in [1.29, 1.82) is 0 Å². The molecule has 1 heterocycles. The van der Waals surface area contributed by atoms with Gasteiger partial charge in [-0.1, -0.05) is 18.2 Å². The highest BCUT2D eigenvalue weighted by Gasteiger charge is 2.27. The molecule has 0 aliphatic rings. The van der Waals surface area contributed by atoms with Gasteiger partial charge in [-0.15, -0.1) is 10.2 Å².